The molecule has 0 saturated heterocycles. The highest BCUT2D eigenvalue weighted by Gasteiger charge is 2.32. The summed E-state index contributed by atoms with van der Waals surface area (Å²) in [4.78, 5) is 0. The van der Waals surface area contributed by atoms with E-state index in [1.54, 1.807) is 12.1 Å². The number of hydrogen-bond donors (Lipinski definition) is 0. The predicted molar refractivity (Wildman–Crippen MR) is 72.7 cm³/mol. The van der Waals surface area contributed by atoms with Crippen LogP contribution >= 0.6 is 0 Å². The molecule has 20 heavy (non-hydrogen) atoms. The first-order valence-electron chi connectivity index (χ1n) is 6.32. The molecule has 0 aliphatic heterocycles. The van der Waals surface area contributed by atoms with Crippen molar-refractivity contribution in [1.29, 1.82) is 0 Å². The van der Waals surface area contributed by atoms with Crippen LogP contribution in [0.1, 0.15) is 25.3 Å². The zero-order valence-corrected chi connectivity index (χ0v) is 11.2. The minimum atomic E-state index is -4.69. The molecule has 0 N–H and O–H groups in total. The maximum atomic E-state index is 12.5. The van der Waals surface area contributed by atoms with Crippen LogP contribution in [-0.4, -0.2) is 6.36 Å². The molecule has 0 saturated carbocycles. The van der Waals surface area contributed by atoms with Crippen molar-refractivity contribution in [2.45, 2.75) is 26.1 Å². The minimum Gasteiger partial charge on any atom is -0.405 e. The quantitative estimate of drug-likeness (QED) is 0.733. The van der Waals surface area contributed by atoms with Gasteiger partial charge in [-0.25, -0.2) is 0 Å². The average Bonchev–Trinajstić information content (AvgIpc) is 2.37. The molecular formula is C16H15F3O. The first-order chi connectivity index (χ1) is 9.38. The molecule has 0 aliphatic carbocycles. The lowest BCUT2D eigenvalue weighted by Crippen LogP contribution is -2.17. The average molecular weight is 280 g/mol. The van der Waals surface area contributed by atoms with E-state index in [0.717, 1.165) is 11.1 Å². The van der Waals surface area contributed by atoms with E-state index in [4.69, 9.17) is 0 Å². The van der Waals surface area contributed by atoms with Crippen LogP contribution in [0.15, 0.2) is 48.5 Å². The van der Waals surface area contributed by atoms with Gasteiger partial charge in [0.1, 0.15) is 5.75 Å². The molecule has 4 heteroatoms. The third-order valence-electron chi connectivity index (χ3n) is 2.99. The molecule has 0 spiro atoms. The molecule has 0 atom stereocenters. The van der Waals surface area contributed by atoms with Crippen LogP contribution in [0.5, 0.6) is 5.75 Å². The molecule has 0 amide bonds. The van der Waals surface area contributed by atoms with Gasteiger partial charge in [-0.3, -0.25) is 0 Å². The molecule has 2 rings (SSSR count). The molecule has 1 nitrogen and oxygen atoms in total. The van der Waals surface area contributed by atoms with Crippen molar-refractivity contribution in [2.24, 2.45) is 0 Å². The van der Waals surface area contributed by atoms with Crippen LogP contribution in [0.2, 0.25) is 0 Å². The second-order valence-corrected chi connectivity index (χ2v) is 4.79. The summed E-state index contributed by atoms with van der Waals surface area (Å²) in [6, 6.07) is 13.6. The molecule has 0 unspecified atom stereocenters. The Labute approximate surface area is 116 Å². The molecule has 0 aromatic heterocycles. The third-order valence-corrected chi connectivity index (χ3v) is 2.99. The maximum absolute atomic E-state index is 12.5. The van der Waals surface area contributed by atoms with Gasteiger partial charge >= 0.3 is 6.36 Å². The Hall–Kier alpha value is -1.97. The van der Waals surface area contributed by atoms with Crippen LogP contribution in [-0.2, 0) is 0 Å². The number of halogens is 3. The van der Waals surface area contributed by atoms with Crippen molar-refractivity contribution in [3.05, 3.63) is 54.1 Å². The zero-order valence-electron chi connectivity index (χ0n) is 11.2. The fourth-order valence-corrected chi connectivity index (χ4v) is 2.15. The highest BCUT2D eigenvalue weighted by molar-refractivity contribution is 5.73. The fourth-order valence-electron chi connectivity index (χ4n) is 2.15. The minimum absolute atomic E-state index is 0.173. The summed E-state index contributed by atoms with van der Waals surface area (Å²) >= 11 is 0. The van der Waals surface area contributed by atoms with E-state index < -0.39 is 6.36 Å². The van der Waals surface area contributed by atoms with Crippen LogP contribution in [0.25, 0.3) is 11.1 Å². The number of para-hydroxylation sites is 1. The van der Waals surface area contributed by atoms with E-state index in [2.05, 4.69) is 4.74 Å². The summed E-state index contributed by atoms with van der Waals surface area (Å²) in [5, 5.41) is 0. The van der Waals surface area contributed by atoms with Gasteiger partial charge in [0.2, 0.25) is 0 Å². The molecule has 0 fully saturated rings. The highest BCUT2D eigenvalue weighted by atomic mass is 19.4. The Morgan fingerprint density at radius 1 is 0.850 bits per heavy atom. The normalized spacial score (nSPS) is 11.7. The second kappa shape index (κ2) is 5.57. The maximum Gasteiger partial charge on any atom is 0.573 e. The van der Waals surface area contributed by atoms with Crippen LogP contribution < -0.4 is 4.74 Å². The van der Waals surface area contributed by atoms with E-state index in [0.29, 0.717) is 5.56 Å². The largest absolute Gasteiger partial charge is 0.573 e. The lowest BCUT2D eigenvalue weighted by atomic mass is 9.92. The molecule has 0 aliphatic rings. The Morgan fingerprint density at radius 2 is 1.40 bits per heavy atom. The predicted octanol–water partition coefficient (Wildman–Crippen LogP) is 5.38. The summed E-state index contributed by atoms with van der Waals surface area (Å²) in [6.07, 6.45) is -4.69. The van der Waals surface area contributed by atoms with Crippen molar-refractivity contribution < 1.29 is 17.9 Å². The van der Waals surface area contributed by atoms with Crippen molar-refractivity contribution in [3.63, 3.8) is 0 Å². The van der Waals surface area contributed by atoms with Crippen molar-refractivity contribution in [2.75, 3.05) is 0 Å². The van der Waals surface area contributed by atoms with Crippen LogP contribution in [0, 0.1) is 0 Å². The smallest absolute Gasteiger partial charge is 0.405 e. The van der Waals surface area contributed by atoms with E-state index in [1.807, 2.05) is 38.1 Å². The third kappa shape index (κ3) is 3.32. The Balaban J connectivity index is 2.54. The molecule has 0 heterocycles. The van der Waals surface area contributed by atoms with Gasteiger partial charge in [0.05, 0.1) is 0 Å². The second-order valence-electron chi connectivity index (χ2n) is 4.79. The number of benzene rings is 2. The van der Waals surface area contributed by atoms with Gasteiger partial charge in [-0.1, -0.05) is 56.3 Å². The lowest BCUT2D eigenvalue weighted by Gasteiger charge is -2.17. The van der Waals surface area contributed by atoms with Gasteiger partial charge in [-0.05, 0) is 23.1 Å². The number of ether oxygens (including phenoxy) is 1. The first-order valence-corrected chi connectivity index (χ1v) is 6.32. The molecule has 2 aromatic carbocycles. The Morgan fingerprint density at radius 3 is 2.00 bits per heavy atom. The highest BCUT2D eigenvalue weighted by Crippen LogP contribution is 2.37. The van der Waals surface area contributed by atoms with Crippen molar-refractivity contribution >= 4 is 0 Å². The van der Waals surface area contributed by atoms with Crippen LogP contribution in [0.4, 0.5) is 13.2 Å². The summed E-state index contributed by atoms with van der Waals surface area (Å²) in [5.41, 5.74) is 2.21. The molecule has 2 aromatic rings. The molecule has 0 bridgehead atoms. The van der Waals surface area contributed by atoms with Gasteiger partial charge in [-0.2, -0.15) is 0 Å². The van der Waals surface area contributed by atoms with E-state index >= 15 is 0 Å². The van der Waals surface area contributed by atoms with Gasteiger partial charge in [-0.15, -0.1) is 13.2 Å². The first kappa shape index (κ1) is 14.4. The van der Waals surface area contributed by atoms with E-state index in [1.165, 1.54) is 12.1 Å². The fraction of sp³-hybridized carbons (Fsp3) is 0.250. The summed E-state index contributed by atoms with van der Waals surface area (Å²) < 4.78 is 41.5. The molecule has 0 radical (unpaired) electrons. The Bertz CT molecular complexity index is 588. The number of alkyl halides is 3. The molecular weight excluding hydrogens is 265 g/mol. The van der Waals surface area contributed by atoms with Gasteiger partial charge in [0, 0.05) is 5.56 Å². The van der Waals surface area contributed by atoms with Crippen molar-refractivity contribution in [1.82, 2.24) is 0 Å². The SMILES string of the molecule is CC(C)c1ccccc1-c1ccccc1OC(F)(F)F. The van der Waals surface area contributed by atoms with Gasteiger partial charge < -0.3 is 4.74 Å². The number of hydrogen-bond acceptors (Lipinski definition) is 1. The monoisotopic (exact) mass is 280 g/mol. The Kier molecular flexibility index (Phi) is 4.02. The summed E-state index contributed by atoms with van der Waals surface area (Å²) in [5.74, 6) is 0.0400. The standard InChI is InChI=1S/C16H15F3O/c1-11(2)12-7-3-4-8-13(12)14-9-5-6-10-15(14)20-16(17,18)19/h3-11H,1-2H3. The van der Waals surface area contributed by atoms with E-state index in [9.17, 15) is 13.2 Å². The summed E-state index contributed by atoms with van der Waals surface area (Å²) in [6.45, 7) is 4.01. The number of rotatable bonds is 3. The topological polar surface area (TPSA) is 9.23 Å². The van der Waals surface area contributed by atoms with Gasteiger partial charge in [0.25, 0.3) is 0 Å². The van der Waals surface area contributed by atoms with Crippen LogP contribution in [0.3, 0.4) is 0 Å². The van der Waals surface area contributed by atoms with Crippen molar-refractivity contribution in [3.8, 4) is 16.9 Å². The zero-order chi connectivity index (χ0) is 14.8. The summed E-state index contributed by atoms with van der Waals surface area (Å²) in [7, 11) is 0. The van der Waals surface area contributed by atoms with Gasteiger partial charge in [0.15, 0.2) is 0 Å². The van der Waals surface area contributed by atoms with E-state index in [-0.39, 0.29) is 11.7 Å². The lowest BCUT2D eigenvalue weighted by molar-refractivity contribution is -0.274. The molecule has 106 valence electrons.